The van der Waals surface area contributed by atoms with Crippen molar-refractivity contribution in [2.24, 2.45) is 10.7 Å². The van der Waals surface area contributed by atoms with E-state index in [0.717, 1.165) is 24.6 Å². The SMILES string of the molecule is CN(C)c1cccc(CN=C(N)N2CCCCCC2)n1. The van der Waals surface area contributed by atoms with E-state index in [1.165, 1.54) is 25.7 Å². The molecule has 110 valence electrons. The van der Waals surface area contributed by atoms with Crippen LogP contribution in [0, 0.1) is 0 Å². The molecule has 20 heavy (non-hydrogen) atoms. The maximum atomic E-state index is 6.10. The van der Waals surface area contributed by atoms with E-state index in [1.54, 1.807) is 0 Å². The highest BCUT2D eigenvalue weighted by molar-refractivity contribution is 5.78. The fourth-order valence-electron chi connectivity index (χ4n) is 2.37. The molecule has 1 saturated heterocycles. The summed E-state index contributed by atoms with van der Waals surface area (Å²) in [6.45, 7) is 2.60. The average Bonchev–Trinajstić information content (AvgIpc) is 2.74. The van der Waals surface area contributed by atoms with Gasteiger partial charge in [0.25, 0.3) is 0 Å². The molecule has 0 amide bonds. The fourth-order valence-corrected chi connectivity index (χ4v) is 2.37. The predicted octanol–water partition coefficient (Wildman–Crippen LogP) is 1.84. The smallest absolute Gasteiger partial charge is 0.191 e. The Balaban J connectivity index is 1.98. The van der Waals surface area contributed by atoms with Gasteiger partial charge in [-0.1, -0.05) is 18.9 Å². The van der Waals surface area contributed by atoms with Gasteiger partial charge in [-0.15, -0.1) is 0 Å². The molecule has 2 N–H and O–H groups in total. The van der Waals surface area contributed by atoms with Crippen molar-refractivity contribution in [2.75, 3.05) is 32.1 Å². The molecule has 5 nitrogen and oxygen atoms in total. The lowest BCUT2D eigenvalue weighted by Gasteiger charge is -2.21. The Hall–Kier alpha value is -1.78. The van der Waals surface area contributed by atoms with E-state index in [1.807, 2.05) is 37.2 Å². The maximum absolute atomic E-state index is 6.10. The number of aliphatic imine (C=N–C) groups is 1. The number of nitrogens with zero attached hydrogens (tertiary/aromatic N) is 4. The molecular formula is C15H25N5. The zero-order valence-corrected chi connectivity index (χ0v) is 12.5. The summed E-state index contributed by atoms with van der Waals surface area (Å²) >= 11 is 0. The highest BCUT2D eigenvalue weighted by Crippen LogP contribution is 2.11. The molecule has 0 spiro atoms. The summed E-state index contributed by atoms with van der Waals surface area (Å²) < 4.78 is 0. The van der Waals surface area contributed by atoms with Gasteiger partial charge in [0.1, 0.15) is 5.82 Å². The molecule has 5 heteroatoms. The van der Waals surface area contributed by atoms with Gasteiger partial charge in [0.15, 0.2) is 5.96 Å². The van der Waals surface area contributed by atoms with Gasteiger partial charge in [0, 0.05) is 27.2 Å². The number of rotatable bonds is 3. The van der Waals surface area contributed by atoms with Crippen molar-refractivity contribution in [2.45, 2.75) is 32.2 Å². The van der Waals surface area contributed by atoms with Crippen molar-refractivity contribution < 1.29 is 0 Å². The zero-order valence-electron chi connectivity index (χ0n) is 12.5. The molecule has 1 aliphatic heterocycles. The Labute approximate surface area is 121 Å². The number of hydrogen-bond donors (Lipinski definition) is 1. The van der Waals surface area contributed by atoms with Crippen molar-refractivity contribution in [3.8, 4) is 0 Å². The van der Waals surface area contributed by atoms with Crippen molar-refractivity contribution in [3.63, 3.8) is 0 Å². The molecule has 0 unspecified atom stereocenters. The largest absolute Gasteiger partial charge is 0.370 e. The van der Waals surface area contributed by atoms with Crippen LogP contribution < -0.4 is 10.6 Å². The second-order valence-corrected chi connectivity index (χ2v) is 5.46. The molecule has 0 aliphatic carbocycles. The van der Waals surface area contributed by atoms with Crippen LogP contribution in [0.1, 0.15) is 31.4 Å². The number of anilines is 1. The number of guanidine groups is 1. The molecule has 2 rings (SSSR count). The minimum Gasteiger partial charge on any atom is -0.370 e. The molecule has 0 radical (unpaired) electrons. The van der Waals surface area contributed by atoms with Crippen molar-refractivity contribution in [1.29, 1.82) is 0 Å². The van der Waals surface area contributed by atoms with Crippen molar-refractivity contribution in [1.82, 2.24) is 9.88 Å². The predicted molar refractivity (Wildman–Crippen MR) is 83.9 cm³/mol. The Morgan fingerprint density at radius 2 is 1.95 bits per heavy atom. The monoisotopic (exact) mass is 275 g/mol. The number of likely N-dealkylation sites (tertiary alicyclic amines) is 1. The van der Waals surface area contributed by atoms with E-state index in [-0.39, 0.29) is 0 Å². The molecule has 0 bridgehead atoms. The second kappa shape index (κ2) is 7.12. The third kappa shape index (κ3) is 4.11. The minimum atomic E-state index is 0.546. The van der Waals surface area contributed by atoms with E-state index >= 15 is 0 Å². The van der Waals surface area contributed by atoms with Crippen molar-refractivity contribution in [3.05, 3.63) is 23.9 Å². The summed E-state index contributed by atoms with van der Waals surface area (Å²) in [6, 6.07) is 5.99. The minimum absolute atomic E-state index is 0.546. The summed E-state index contributed by atoms with van der Waals surface area (Å²) in [5, 5.41) is 0. The van der Waals surface area contributed by atoms with E-state index < -0.39 is 0 Å². The van der Waals surface area contributed by atoms with Crippen LogP contribution in [-0.2, 0) is 6.54 Å². The molecule has 0 saturated carbocycles. The quantitative estimate of drug-likeness (QED) is 0.675. The van der Waals surface area contributed by atoms with Gasteiger partial charge >= 0.3 is 0 Å². The van der Waals surface area contributed by atoms with Crippen LogP contribution in [-0.4, -0.2) is 43.0 Å². The van der Waals surface area contributed by atoms with Gasteiger partial charge in [0.05, 0.1) is 12.2 Å². The molecule has 1 aliphatic rings. The van der Waals surface area contributed by atoms with Gasteiger partial charge in [-0.2, -0.15) is 0 Å². The Bertz CT molecular complexity index is 447. The van der Waals surface area contributed by atoms with Gasteiger partial charge in [0.2, 0.25) is 0 Å². The first-order chi connectivity index (χ1) is 9.66. The number of hydrogen-bond acceptors (Lipinski definition) is 3. The zero-order chi connectivity index (χ0) is 14.4. The number of aromatic nitrogens is 1. The fraction of sp³-hybridized carbons (Fsp3) is 0.600. The first kappa shape index (κ1) is 14.6. The first-order valence-corrected chi connectivity index (χ1v) is 7.35. The molecule has 0 aromatic carbocycles. The lowest BCUT2D eigenvalue weighted by molar-refractivity contribution is 0.428. The highest BCUT2D eigenvalue weighted by Gasteiger charge is 2.10. The van der Waals surface area contributed by atoms with E-state index in [0.29, 0.717) is 12.5 Å². The summed E-state index contributed by atoms with van der Waals surface area (Å²) in [7, 11) is 3.97. The van der Waals surface area contributed by atoms with E-state index in [9.17, 15) is 0 Å². The molecule has 1 fully saturated rings. The van der Waals surface area contributed by atoms with Crippen LogP contribution in [0.15, 0.2) is 23.2 Å². The summed E-state index contributed by atoms with van der Waals surface area (Å²) in [4.78, 5) is 13.2. The van der Waals surface area contributed by atoms with Crippen LogP contribution in [0.4, 0.5) is 5.82 Å². The molecule has 1 aromatic heterocycles. The van der Waals surface area contributed by atoms with Crippen LogP contribution in [0.2, 0.25) is 0 Å². The number of nitrogens with two attached hydrogens (primary N) is 1. The summed E-state index contributed by atoms with van der Waals surface area (Å²) in [6.07, 6.45) is 5.03. The maximum Gasteiger partial charge on any atom is 0.191 e. The van der Waals surface area contributed by atoms with Gasteiger partial charge < -0.3 is 15.5 Å². The lowest BCUT2D eigenvalue weighted by atomic mass is 10.2. The summed E-state index contributed by atoms with van der Waals surface area (Å²) in [5.41, 5.74) is 7.05. The van der Waals surface area contributed by atoms with Crippen molar-refractivity contribution >= 4 is 11.8 Å². The first-order valence-electron chi connectivity index (χ1n) is 7.35. The second-order valence-electron chi connectivity index (χ2n) is 5.46. The lowest BCUT2D eigenvalue weighted by Crippen LogP contribution is -2.38. The van der Waals surface area contributed by atoms with Gasteiger partial charge in [-0.3, -0.25) is 0 Å². The Kier molecular flexibility index (Phi) is 5.21. The van der Waals surface area contributed by atoms with E-state index in [2.05, 4.69) is 14.9 Å². The Morgan fingerprint density at radius 1 is 1.25 bits per heavy atom. The van der Waals surface area contributed by atoms with Gasteiger partial charge in [-0.05, 0) is 25.0 Å². The van der Waals surface area contributed by atoms with Gasteiger partial charge in [-0.25, -0.2) is 9.98 Å². The normalized spacial score (nSPS) is 16.9. The van der Waals surface area contributed by atoms with Crippen LogP contribution in [0.25, 0.3) is 0 Å². The van der Waals surface area contributed by atoms with Crippen LogP contribution >= 0.6 is 0 Å². The van der Waals surface area contributed by atoms with Crippen LogP contribution in [0.5, 0.6) is 0 Å². The summed E-state index contributed by atoms with van der Waals surface area (Å²) in [5.74, 6) is 1.61. The third-order valence-corrected chi connectivity index (χ3v) is 3.58. The number of pyridine rings is 1. The third-order valence-electron chi connectivity index (χ3n) is 3.58. The average molecular weight is 275 g/mol. The highest BCUT2D eigenvalue weighted by atomic mass is 15.2. The molecular weight excluding hydrogens is 250 g/mol. The molecule has 1 aromatic rings. The van der Waals surface area contributed by atoms with E-state index in [4.69, 9.17) is 5.73 Å². The molecule has 2 heterocycles. The van der Waals surface area contributed by atoms with Crippen LogP contribution in [0.3, 0.4) is 0 Å². The topological polar surface area (TPSA) is 57.8 Å². The Morgan fingerprint density at radius 3 is 2.60 bits per heavy atom. The molecule has 0 atom stereocenters. The standard InChI is InChI=1S/C15H25N5/c1-19(2)14-9-7-8-13(18-14)12-17-15(16)20-10-5-3-4-6-11-20/h7-9H,3-6,10-12H2,1-2H3,(H2,16,17).